The first-order valence-electron chi connectivity index (χ1n) is 6.62. The third-order valence-corrected chi connectivity index (χ3v) is 4.05. The average Bonchev–Trinajstić information content (AvgIpc) is 2.26. The van der Waals surface area contributed by atoms with Crippen LogP contribution in [-0.2, 0) is 4.74 Å². The van der Waals surface area contributed by atoms with Crippen molar-refractivity contribution in [3.05, 3.63) is 0 Å². The Hall–Kier alpha value is -0.200. The molecular weight excluding hydrogens is 218 g/mol. The molecule has 0 spiro atoms. The van der Waals surface area contributed by atoms with Gasteiger partial charge in [-0.1, -0.05) is 0 Å². The van der Waals surface area contributed by atoms with Gasteiger partial charge in [0.15, 0.2) is 0 Å². The van der Waals surface area contributed by atoms with Crippen LogP contribution in [-0.4, -0.2) is 48.6 Å². The summed E-state index contributed by atoms with van der Waals surface area (Å²) in [5.74, 6) is 0.696. The Morgan fingerprint density at radius 3 is 2.65 bits per heavy atom. The number of ether oxygens (including phenoxy) is 1. The van der Waals surface area contributed by atoms with Gasteiger partial charge in [-0.2, -0.15) is 0 Å². The fourth-order valence-corrected chi connectivity index (χ4v) is 2.80. The van der Waals surface area contributed by atoms with E-state index in [4.69, 9.17) is 16.2 Å². The van der Waals surface area contributed by atoms with Gasteiger partial charge in [-0.15, -0.1) is 0 Å². The minimum Gasteiger partial charge on any atom is -0.390 e. The van der Waals surface area contributed by atoms with Crippen LogP contribution in [0.15, 0.2) is 0 Å². The van der Waals surface area contributed by atoms with Gasteiger partial charge in [-0.3, -0.25) is 0 Å². The lowest BCUT2D eigenvalue weighted by Gasteiger charge is -2.40. The molecule has 0 unspecified atom stereocenters. The molecule has 0 radical (unpaired) electrons. The van der Waals surface area contributed by atoms with Crippen LogP contribution in [0.2, 0.25) is 0 Å². The normalized spacial score (nSPS) is 46.6. The Morgan fingerprint density at radius 1 is 1.35 bits per heavy atom. The number of nitrogens with two attached hydrogens (primary N) is 2. The van der Waals surface area contributed by atoms with Crippen molar-refractivity contribution >= 4 is 0 Å². The zero-order valence-electron chi connectivity index (χ0n) is 10.5. The highest BCUT2D eigenvalue weighted by molar-refractivity contribution is 4.90. The van der Waals surface area contributed by atoms with E-state index in [-0.39, 0.29) is 18.2 Å². The molecule has 17 heavy (non-hydrogen) atoms. The highest BCUT2D eigenvalue weighted by Gasteiger charge is 2.35. The Balaban J connectivity index is 1.73. The molecule has 0 aromatic heterocycles. The molecule has 5 heteroatoms. The molecule has 2 rings (SSSR count). The Bertz CT molecular complexity index is 246. The van der Waals surface area contributed by atoms with Crippen molar-refractivity contribution in [2.45, 2.75) is 56.6 Å². The van der Waals surface area contributed by atoms with E-state index in [2.05, 4.69) is 5.32 Å². The minimum absolute atomic E-state index is 0.112. The van der Waals surface area contributed by atoms with E-state index in [0.29, 0.717) is 18.5 Å². The van der Waals surface area contributed by atoms with Crippen molar-refractivity contribution in [3.8, 4) is 0 Å². The summed E-state index contributed by atoms with van der Waals surface area (Å²) < 4.78 is 5.70. The van der Waals surface area contributed by atoms with E-state index in [0.717, 1.165) is 25.8 Å². The zero-order valence-corrected chi connectivity index (χ0v) is 10.5. The van der Waals surface area contributed by atoms with E-state index < -0.39 is 6.10 Å². The summed E-state index contributed by atoms with van der Waals surface area (Å²) in [4.78, 5) is 0. The summed E-state index contributed by atoms with van der Waals surface area (Å²) in [7, 11) is 0. The third-order valence-electron chi connectivity index (χ3n) is 4.05. The zero-order chi connectivity index (χ0) is 12.4. The highest BCUT2D eigenvalue weighted by atomic mass is 16.5. The number of nitrogens with one attached hydrogen (secondary N) is 1. The van der Waals surface area contributed by atoms with E-state index in [1.165, 1.54) is 0 Å². The van der Waals surface area contributed by atoms with Gasteiger partial charge in [0.25, 0.3) is 0 Å². The summed E-state index contributed by atoms with van der Waals surface area (Å²) in [6.45, 7) is 3.40. The van der Waals surface area contributed by atoms with E-state index >= 15 is 0 Å². The largest absolute Gasteiger partial charge is 0.390 e. The van der Waals surface area contributed by atoms with Crippen molar-refractivity contribution in [2.75, 3.05) is 13.1 Å². The third kappa shape index (κ3) is 3.17. The van der Waals surface area contributed by atoms with E-state index in [9.17, 15) is 5.11 Å². The molecule has 5 nitrogen and oxygen atoms in total. The summed E-state index contributed by atoms with van der Waals surface area (Å²) in [6.07, 6.45) is 2.41. The van der Waals surface area contributed by atoms with Gasteiger partial charge in [0.2, 0.25) is 0 Å². The maximum absolute atomic E-state index is 9.87. The van der Waals surface area contributed by atoms with Crippen LogP contribution in [0.25, 0.3) is 0 Å². The van der Waals surface area contributed by atoms with Crippen molar-refractivity contribution < 1.29 is 9.84 Å². The first-order chi connectivity index (χ1) is 8.10. The van der Waals surface area contributed by atoms with Crippen LogP contribution in [0.1, 0.15) is 26.2 Å². The lowest BCUT2D eigenvalue weighted by atomic mass is 9.80. The van der Waals surface area contributed by atoms with Gasteiger partial charge in [0, 0.05) is 18.6 Å². The lowest BCUT2D eigenvalue weighted by molar-refractivity contribution is -0.121. The molecule has 4 atom stereocenters. The Labute approximate surface area is 103 Å². The van der Waals surface area contributed by atoms with Crippen LogP contribution >= 0.6 is 0 Å². The molecule has 0 aromatic carbocycles. The number of hydrogen-bond donors (Lipinski definition) is 4. The lowest BCUT2D eigenvalue weighted by Crippen LogP contribution is -2.55. The molecular formula is C12H25N3O2. The molecule has 0 bridgehead atoms. The molecule has 1 saturated heterocycles. The Morgan fingerprint density at radius 2 is 2.06 bits per heavy atom. The van der Waals surface area contributed by atoms with E-state index in [1.54, 1.807) is 0 Å². The van der Waals surface area contributed by atoms with Gasteiger partial charge in [-0.05, 0) is 38.6 Å². The van der Waals surface area contributed by atoms with Crippen LogP contribution in [0.4, 0.5) is 0 Å². The summed E-state index contributed by atoms with van der Waals surface area (Å²) in [5.41, 5.74) is 11.3. The predicted octanol–water partition coefficient (Wildman–Crippen LogP) is -0.821. The fourth-order valence-electron chi connectivity index (χ4n) is 2.80. The van der Waals surface area contributed by atoms with E-state index in [1.807, 2.05) is 6.92 Å². The number of rotatable bonds is 4. The molecule has 1 aliphatic carbocycles. The van der Waals surface area contributed by atoms with Crippen molar-refractivity contribution in [3.63, 3.8) is 0 Å². The van der Waals surface area contributed by atoms with Gasteiger partial charge in [0.05, 0.1) is 18.3 Å². The maximum atomic E-state index is 9.87. The smallest absolute Gasteiger partial charge is 0.0960 e. The average molecular weight is 243 g/mol. The molecule has 1 aliphatic heterocycles. The van der Waals surface area contributed by atoms with Crippen molar-refractivity contribution in [2.24, 2.45) is 17.4 Å². The number of aliphatic hydroxyl groups is 1. The van der Waals surface area contributed by atoms with Gasteiger partial charge in [-0.25, -0.2) is 0 Å². The monoisotopic (exact) mass is 243 g/mol. The SMILES string of the molecule is C[C@H]1O[C@H](CN)[C@@H](O)C[C@H]1NCC1CC(N)C1. The first kappa shape index (κ1) is 13.2. The second-order valence-electron chi connectivity index (χ2n) is 5.53. The second kappa shape index (κ2) is 5.63. The quantitative estimate of drug-likeness (QED) is 0.517. The number of aliphatic hydroxyl groups excluding tert-OH is 1. The van der Waals surface area contributed by atoms with Crippen LogP contribution in [0.5, 0.6) is 0 Å². The molecule has 2 fully saturated rings. The van der Waals surface area contributed by atoms with Crippen molar-refractivity contribution in [1.82, 2.24) is 5.32 Å². The van der Waals surface area contributed by atoms with Crippen LogP contribution in [0, 0.1) is 5.92 Å². The predicted molar refractivity (Wildman–Crippen MR) is 66.5 cm³/mol. The fraction of sp³-hybridized carbons (Fsp3) is 1.00. The molecule has 0 aromatic rings. The van der Waals surface area contributed by atoms with Gasteiger partial charge in [0.1, 0.15) is 0 Å². The summed E-state index contributed by atoms with van der Waals surface area (Å²) in [6, 6.07) is 0.624. The maximum Gasteiger partial charge on any atom is 0.0960 e. The molecule has 1 heterocycles. The standard InChI is InChI=1S/C12H25N3O2/c1-7-10(4-11(16)12(5-13)17-7)15-6-8-2-9(14)3-8/h7-12,15-16H,2-6,13-14H2,1H3/t7-,8?,9?,10-,11+,12-/m1/s1. The summed E-state index contributed by atoms with van der Waals surface area (Å²) in [5, 5.41) is 13.4. The second-order valence-corrected chi connectivity index (χ2v) is 5.53. The molecule has 1 saturated carbocycles. The van der Waals surface area contributed by atoms with Crippen LogP contribution < -0.4 is 16.8 Å². The minimum atomic E-state index is -0.447. The van der Waals surface area contributed by atoms with Crippen LogP contribution in [0.3, 0.4) is 0 Å². The van der Waals surface area contributed by atoms with Gasteiger partial charge >= 0.3 is 0 Å². The molecule has 100 valence electrons. The first-order valence-corrected chi connectivity index (χ1v) is 6.62. The highest BCUT2D eigenvalue weighted by Crippen LogP contribution is 2.26. The Kier molecular flexibility index (Phi) is 4.38. The number of hydrogen-bond acceptors (Lipinski definition) is 5. The molecule has 6 N–H and O–H groups in total. The molecule has 2 aliphatic rings. The topological polar surface area (TPSA) is 93.5 Å². The van der Waals surface area contributed by atoms with Crippen molar-refractivity contribution in [1.29, 1.82) is 0 Å². The van der Waals surface area contributed by atoms with Gasteiger partial charge < -0.3 is 26.6 Å². The summed E-state index contributed by atoms with van der Waals surface area (Å²) >= 11 is 0. The molecule has 0 amide bonds.